The minimum atomic E-state index is -0.492. The standard InChI is InChI=1S/C12H12ClNOS2/c1-7-6-16-12(14-7)17-11-4-3-9(8(2)15)5-10(11)13/h3-6,8,15H,1-2H3. The molecule has 0 radical (unpaired) electrons. The molecule has 17 heavy (non-hydrogen) atoms. The molecule has 0 amide bonds. The second-order valence-electron chi connectivity index (χ2n) is 3.72. The van der Waals surface area contributed by atoms with E-state index in [0.717, 1.165) is 20.5 Å². The lowest BCUT2D eigenvalue weighted by atomic mass is 10.1. The summed E-state index contributed by atoms with van der Waals surface area (Å²) >= 11 is 9.33. The number of aromatic nitrogens is 1. The van der Waals surface area contributed by atoms with E-state index >= 15 is 0 Å². The summed E-state index contributed by atoms with van der Waals surface area (Å²) in [5.41, 5.74) is 1.85. The summed E-state index contributed by atoms with van der Waals surface area (Å²) in [5.74, 6) is 0. The minimum absolute atomic E-state index is 0.492. The maximum absolute atomic E-state index is 9.46. The fourth-order valence-electron chi connectivity index (χ4n) is 1.33. The summed E-state index contributed by atoms with van der Waals surface area (Å²) in [6.07, 6.45) is -0.492. The summed E-state index contributed by atoms with van der Waals surface area (Å²) in [4.78, 5) is 5.34. The van der Waals surface area contributed by atoms with Gasteiger partial charge in [0.2, 0.25) is 0 Å². The lowest BCUT2D eigenvalue weighted by Gasteiger charge is -2.07. The Kier molecular flexibility index (Phi) is 4.09. The van der Waals surface area contributed by atoms with Gasteiger partial charge in [-0.2, -0.15) is 0 Å². The van der Waals surface area contributed by atoms with E-state index in [1.807, 2.05) is 24.4 Å². The molecule has 0 bridgehead atoms. The van der Waals surface area contributed by atoms with Crippen molar-refractivity contribution < 1.29 is 5.11 Å². The number of aryl methyl sites for hydroxylation is 1. The van der Waals surface area contributed by atoms with E-state index in [1.54, 1.807) is 36.1 Å². The van der Waals surface area contributed by atoms with Crippen LogP contribution in [0, 0.1) is 6.92 Å². The Morgan fingerprint density at radius 1 is 1.47 bits per heavy atom. The lowest BCUT2D eigenvalue weighted by Crippen LogP contribution is -1.90. The van der Waals surface area contributed by atoms with Gasteiger partial charge >= 0.3 is 0 Å². The number of aliphatic hydroxyl groups excluding tert-OH is 1. The van der Waals surface area contributed by atoms with E-state index in [0.29, 0.717) is 5.02 Å². The van der Waals surface area contributed by atoms with Crippen molar-refractivity contribution in [2.24, 2.45) is 0 Å². The van der Waals surface area contributed by atoms with Crippen molar-refractivity contribution in [1.82, 2.24) is 4.98 Å². The SMILES string of the molecule is Cc1csc(Sc2ccc(C(C)O)cc2Cl)n1. The fourth-order valence-corrected chi connectivity index (χ4v) is 3.43. The highest BCUT2D eigenvalue weighted by Crippen LogP contribution is 2.36. The molecule has 5 heteroatoms. The smallest absolute Gasteiger partial charge is 0.154 e. The molecule has 1 atom stereocenters. The Bertz CT molecular complexity index is 525. The van der Waals surface area contributed by atoms with Crippen LogP contribution in [0.3, 0.4) is 0 Å². The number of thiazole rings is 1. The van der Waals surface area contributed by atoms with E-state index in [4.69, 9.17) is 11.6 Å². The number of hydrogen-bond acceptors (Lipinski definition) is 4. The Balaban J connectivity index is 2.22. The number of nitrogens with zero attached hydrogens (tertiary/aromatic N) is 1. The number of aliphatic hydroxyl groups is 1. The zero-order valence-corrected chi connectivity index (χ0v) is 11.9. The average Bonchev–Trinajstić information content (AvgIpc) is 2.67. The van der Waals surface area contributed by atoms with Crippen LogP contribution < -0.4 is 0 Å². The third kappa shape index (κ3) is 3.22. The van der Waals surface area contributed by atoms with Gasteiger partial charge in [0, 0.05) is 16.0 Å². The van der Waals surface area contributed by atoms with Crippen LogP contribution in [0.25, 0.3) is 0 Å². The first-order valence-electron chi connectivity index (χ1n) is 5.14. The number of halogens is 1. The normalized spacial score (nSPS) is 12.7. The second-order valence-corrected chi connectivity index (χ2v) is 6.28. The Labute approximate surface area is 114 Å². The maximum Gasteiger partial charge on any atom is 0.154 e. The van der Waals surface area contributed by atoms with Crippen molar-refractivity contribution in [3.8, 4) is 0 Å². The van der Waals surface area contributed by atoms with Crippen molar-refractivity contribution in [3.05, 3.63) is 39.9 Å². The molecule has 2 aromatic rings. The molecular weight excluding hydrogens is 274 g/mol. The van der Waals surface area contributed by atoms with Crippen LogP contribution in [0.5, 0.6) is 0 Å². The van der Waals surface area contributed by atoms with Gasteiger partial charge < -0.3 is 5.11 Å². The van der Waals surface area contributed by atoms with Crippen molar-refractivity contribution in [3.63, 3.8) is 0 Å². The molecule has 1 aromatic heterocycles. The fraction of sp³-hybridized carbons (Fsp3) is 0.250. The van der Waals surface area contributed by atoms with Crippen molar-refractivity contribution in [2.45, 2.75) is 29.2 Å². The molecule has 0 aliphatic rings. The van der Waals surface area contributed by atoms with Crippen LogP contribution >= 0.6 is 34.7 Å². The van der Waals surface area contributed by atoms with Crippen LogP contribution in [-0.2, 0) is 0 Å². The first-order chi connectivity index (χ1) is 8.06. The van der Waals surface area contributed by atoms with Crippen LogP contribution in [0.15, 0.2) is 32.8 Å². The summed E-state index contributed by atoms with van der Waals surface area (Å²) in [7, 11) is 0. The molecule has 0 fully saturated rings. The Morgan fingerprint density at radius 3 is 2.76 bits per heavy atom. The summed E-state index contributed by atoms with van der Waals surface area (Å²) in [6.45, 7) is 3.70. The highest BCUT2D eigenvalue weighted by atomic mass is 35.5. The molecule has 90 valence electrons. The molecule has 0 aliphatic heterocycles. The topological polar surface area (TPSA) is 33.1 Å². The highest BCUT2D eigenvalue weighted by molar-refractivity contribution is 8.01. The molecule has 0 spiro atoms. The largest absolute Gasteiger partial charge is 0.389 e. The quantitative estimate of drug-likeness (QED) is 0.912. The summed E-state index contributed by atoms with van der Waals surface area (Å²) in [6, 6.07) is 5.61. The molecule has 0 saturated heterocycles. The first kappa shape index (κ1) is 12.9. The molecule has 0 saturated carbocycles. The van der Waals surface area contributed by atoms with E-state index < -0.39 is 6.10 Å². The van der Waals surface area contributed by atoms with Gasteiger partial charge in [0.05, 0.1) is 11.1 Å². The maximum atomic E-state index is 9.46. The first-order valence-corrected chi connectivity index (χ1v) is 7.21. The third-order valence-corrected chi connectivity index (χ3v) is 4.79. The zero-order valence-electron chi connectivity index (χ0n) is 9.48. The van der Waals surface area contributed by atoms with Gasteiger partial charge in [-0.1, -0.05) is 29.4 Å². The monoisotopic (exact) mass is 285 g/mol. The molecular formula is C12H12ClNOS2. The summed E-state index contributed by atoms with van der Waals surface area (Å²) in [5, 5.41) is 12.1. The molecule has 1 aromatic carbocycles. The van der Waals surface area contributed by atoms with Gasteiger partial charge in [0.25, 0.3) is 0 Å². The highest BCUT2D eigenvalue weighted by Gasteiger charge is 2.08. The Morgan fingerprint density at radius 2 is 2.24 bits per heavy atom. The molecule has 1 heterocycles. The van der Waals surface area contributed by atoms with Gasteiger partial charge in [0.1, 0.15) is 0 Å². The van der Waals surface area contributed by atoms with Crippen LogP contribution in [0.4, 0.5) is 0 Å². The van der Waals surface area contributed by atoms with Crippen LogP contribution in [0.2, 0.25) is 5.02 Å². The lowest BCUT2D eigenvalue weighted by molar-refractivity contribution is 0.199. The molecule has 1 N–H and O–H groups in total. The summed E-state index contributed by atoms with van der Waals surface area (Å²) < 4.78 is 0.981. The van der Waals surface area contributed by atoms with Gasteiger partial charge in [-0.15, -0.1) is 11.3 Å². The molecule has 0 aliphatic carbocycles. The number of hydrogen-bond donors (Lipinski definition) is 1. The molecule has 1 unspecified atom stereocenters. The molecule has 2 nitrogen and oxygen atoms in total. The van der Waals surface area contributed by atoms with Crippen molar-refractivity contribution in [1.29, 1.82) is 0 Å². The third-order valence-electron chi connectivity index (χ3n) is 2.23. The zero-order chi connectivity index (χ0) is 12.4. The average molecular weight is 286 g/mol. The predicted molar refractivity (Wildman–Crippen MR) is 73.1 cm³/mol. The van der Waals surface area contributed by atoms with Crippen LogP contribution in [0.1, 0.15) is 24.3 Å². The minimum Gasteiger partial charge on any atom is -0.389 e. The van der Waals surface area contributed by atoms with Gasteiger partial charge in [-0.3, -0.25) is 0 Å². The van der Waals surface area contributed by atoms with E-state index in [1.165, 1.54) is 0 Å². The van der Waals surface area contributed by atoms with Crippen molar-refractivity contribution in [2.75, 3.05) is 0 Å². The number of rotatable bonds is 3. The van der Waals surface area contributed by atoms with Gasteiger partial charge in [-0.25, -0.2) is 4.98 Å². The Hall–Kier alpha value is -0.550. The predicted octanol–water partition coefficient (Wildman–Crippen LogP) is 4.31. The van der Waals surface area contributed by atoms with E-state index in [9.17, 15) is 5.11 Å². The van der Waals surface area contributed by atoms with Crippen molar-refractivity contribution >= 4 is 34.7 Å². The van der Waals surface area contributed by atoms with E-state index in [2.05, 4.69) is 4.98 Å². The van der Waals surface area contributed by atoms with E-state index in [-0.39, 0.29) is 0 Å². The van der Waals surface area contributed by atoms with Gasteiger partial charge in [-0.05, 0) is 31.5 Å². The second kappa shape index (κ2) is 5.40. The van der Waals surface area contributed by atoms with Crippen LogP contribution in [-0.4, -0.2) is 10.1 Å². The molecule has 2 rings (SSSR count). The number of benzene rings is 1. The van der Waals surface area contributed by atoms with Gasteiger partial charge in [0.15, 0.2) is 4.34 Å².